The van der Waals surface area contributed by atoms with Crippen molar-refractivity contribution in [2.75, 3.05) is 19.6 Å². The van der Waals surface area contributed by atoms with Gasteiger partial charge in [-0.3, -0.25) is 10.4 Å². The summed E-state index contributed by atoms with van der Waals surface area (Å²) in [6.07, 6.45) is -3.88. The van der Waals surface area contributed by atoms with E-state index in [1.165, 1.54) is 0 Å². The maximum absolute atomic E-state index is 12.5. The molecule has 3 N–H and O–H groups in total. The van der Waals surface area contributed by atoms with E-state index in [-0.39, 0.29) is 12.8 Å². The van der Waals surface area contributed by atoms with Gasteiger partial charge >= 0.3 is 6.18 Å². The van der Waals surface area contributed by atoms with Gasteiger partial charge in [0.15, 0.2) is 0 Å². The number of aliphatic imine (C=N–C) groups is 1. The van der Waals surface area contributed by atoms with Crippen LogP contribution in [0.5, 0.6) is 0 Å². The third-order valence-electron chi connectivity index (χ3n) is 2.99. The molecule has 18 heavy (non-hydrogen) atoms. The molecule has 1 saturated heterocycles. The zero-order chi connectivity index (χ0) is 13.8. The van der Waals surface area contributed by atoms with E-state index in [2.05, 4.69) is 10.4 Å². The minimum Gasteiger partial charge on any atom is -0.342 e. The zero-order valence-corrected chi connectivity index (χ0v) is 10.8. The molecule has 0 aromatic carbocycles. The summed E-state index contributed by atoms with van der Waals surface area (Å²) < 4.78 is 37.5. The van der Waals surface area contributed by atoms with Crippen molar-refractivity contribution in [1.82, 2.24) is 10.3 Å². The SMILES string of the molecule is CC(C)CN=C(NN)N1CCC(C(F)(F)F)CC1. The van der Waals surface area contributed by atoms with E-state index in [0.29, 0.717) is 31.5 Å². The quantitative estimate of drug-likeness (QED) is 0.346. The molecule has 106 valence electrons. The number of piperidine rings is 1. The van der Waals surface area contributed by atoms with Gasteiger partial charge in [-0.15, -0.1) is 0 Å². The molecule has 4 nitrogen and oxygen atoms in total. The predicted molar refractivity (Wildman–Crippen MR) is 64.8 cm³/mol. The fraction of sp³-hybridized carbons (Fsp3) is 0.909. The summed E-state index contributed by atoms with van der Waals surface area (Å²) >= 11 is 0. The number of guanidine groups is 1. The fourth-order valence-corrected chi connectivity index (χ4v) is 1.92. The molecule has 0 unspecified atom stereocenters. The van der Waals surface area contributed by atoms with Crippen LogP contribution in [0.4, 0.5) is 13.2 Å². The van der Waals surface area contributed by atoms with Crippen molar-refractivity contribution in [1.29, 1.82) is 0 Å². The monoisotopic (exact) mass is 266 g/mol. The third-order valence-corrected chi connectivity index (χ3v) is 2.99. The van der Waals surface area contributed by atoms with Gasteiger partial charge in [-0.25, -0.2) is 5.84 Å². The van der Waals surface area contributed by atoms with Gasteiger partial charge in [0, 0.05) is 19.6 Å². The van der Waals surface area contributed by atoms with E-state index in [9.17, 15) is 13.2 Å². The molecule has 0 radical (unpaired) electrons. The van der Waals surface area contributed by atoms with Crippen LogP contribution in [-0.2, 0) is 0 Å². The van der Waals surface area contributed by atoms with Crippen LogP contribution in [0.1, 0.15) is 26.7 Å². The summed E-state index contributed by atoms with van der Waals surface area (Å²) in [6, 6.07) is 0. The number of hydrogen-bond donors (Lipinski definition) is 2. The lowest BCUT2D eigenvalue weighted by atomic mass is 9.96. The Hall–Kier alpha value is -0.980. The molecule has 1 aliphatic rings. The highest BCUT2D eigenvalue weighted by Crippen LogP contribution is 2.33. The summed E-state index contributed by atoms with van der Waals surface area (Å²) in [6.45, 7) is 5.33. The number of nitrogens with zero attached hydrogens (tertiary/aromatic N) is 2. The van der Waals surface area contributed by atoms with Crippen LogP contribution in [-0.4, -0.2) is 36.7 Å². The third kappa shape index (κ3) is 4.36. The molecule has 0 bridgehead atoms. The summed E-state index contributed by atoms with van der Waals surface area (Å²) in [4.78, 5) is 6.06. The standard InChI is InChI=1S/C11H21F3N4/c1-8(2)7-16-10(17-15)18-5-3-9(4-6-18)11(12,13)14/h8-9H,3-7,15H2,1-2H3,(H,16,17). The van der Waals surface area contributed by atoms with Gasteiger partial charge in [-0.2, -0.15) is 13.2 Å². The van der Waals surface area contributed by atoms with Crippen LogP contribution < -0.4 is 11.3 Å². The molecule has 1 aliphatic heterocycles. The Morgan fingerprint density at radius 1 is 1.39 bits per heavy atom. The highest BCUT2D eigenvalue weighted by atomic mass is 19.4. The molecule has 0 aromatic heterocycles. The van der Waals surface area contributed by atoms with Gasteiger partial charge in [0.2, 0.25) is 5.96 Å². The molecule has 0 aromatic rings. The van der Waals surface area contributed by atoms with Gasteiger partial charge in [0.1, 0.15) is 0 Å². The molecule has 1 heterocycles. The number of halogens is 3. The van der Waals surface area contributed by atoms with Crippen LogP contribution in [0.15, 0.2) is 4.99 Å². The minimum absolute atomic E-state index is 0.103. The number of nitrogens with two attached hydrogens (primary N) is 1. The summed E-state index contributed by atoms with van der Waals surface area (Å²) in [7, 11) is 0. The number of rotatable bonds is 2. The molecule has 0 saturated carbocycles. The first-order valence-electron chi connectivity index (χ1n) is 6.17. The number of hydrazine groups is 1. The van der Waals surface area contributed by atoms with Crippen molar-refractivity contribution in [2.24, 2.45) is 22.7 Å². The predicted octanol–water partition coefficient (Wildman–Crippen LogP) is 1.74. The molecular formula is C11H21F3N4. The Balaban J connectivity index is 2.52. The molecule has 1 rings (SSSR count). The van der Waals surface area contributed by atoms with Crippen molar-refractivity contribution in [3.05, 3.63) is 0 Å². The fourth-order valence-electron chi connectivity index (χ4n) is 1.92. The minimum atomic E-state index is -4.09. The molecule has 0 spiro atoms. The first-order valence-corrected chi connectivity index (χ1v) is 6.17. The molecule has 0 aliphatic carbocycles. The Kier molecular flexibility index (Phi) is 5.25. The number of hydrogen-bond acceptors (Lipinski definition) is 2. The van der Waals surface area contributed by atoms with Crippen LogP contribution in [0.25, 0.3) is 0 Å². The van der Waals surface area contributed by atoms with E-state index in [4.69, 9.17) is 5.84 Å². The molecule has 0 amide bonds. The Morgan fingerprint density at radius 3 is 2.33 bits per heavy atom. The van der Waals surface area contributed by atoms with E-state index >= 15 is 0 Å². The molecule has 0 atom stereocenters. The second-order valence-electron chi connectivity index (χ2n) is 5.01. The number of nitrogens with one attached hydrogen (secondary N) is 1. The second kappa shape index (κ2) is 6.26. The summed E-state index contributed by atoms with van der Waals surface area (Å²) in [5.74, 6) is 5.05. The largest absolute Gasteiger partial charge is 0.391 e. The highest BCUT2D eigenvalue weighted by molar-refractivity contribution is 5.79. The first-order chi connectivity index (χ1) is 8.34. The van der Waals surface area contributed by atoms with Crippen molar-refractivity contribution in [2.45, 2.75) is 32.9 Å². The Morgan fingerprint density at radius 2 is 1.94 bits per heavy atom. The Labute approximate surface area is 105 Å². The zero-order valence-electron chi connectivity index (χ0n) is 10.8. The van der Waals surface area contributed by atoms with Crippen LogP contribution in [0.2, 0.25) is 0 Å². The number of alkyl halides is 3. The van der Waals surface area contributed by atoms with Gasteiger partial charge in [0.05, 0.1) is 5.92 Å². The Bertz CT molecular complexity index is 281. The smallest absolute Gasteiger partial charge is 0.342 e. The molecule has 7 heteroatoms. The molecular weight excluding hydrogens is 245 g/mol. The van der Waals surface area contributed by atoms with Crippen LogP contribution in [0, 0.1) is 11.8 Å². The van der Waals surface area contributed by atoms with E-state index in [0.717, 1.165) is 0 Å². The number of likely N-dealkylation sites (tertiary alicyclic amines) is 1. The highest BCUT2D eigenvalue weighted by Gasteiger charge is 2.41. The average molecular weight is 266 g/mol. The maximum Gasteiger partial charge on any atom is 0.391 e. The van der Waals surface area contributed by atoms with Gasteiger partial charge < -0.3 is 4.90 Å². The van der Waals surface area contributed by atoms with Gasteiger partial charge in [-0.1, -0.05) is 13.8 Å². The lowest BCUT2D eigenvalue weighted by molar-refractivity contribution is -0.183. The maximum atomic E-state index is 12.5. The average Bonchev–Trinajstić information content (AvgIpc) is 2.29. The topological polar surface area (TPSA) is 53.6 Å². The van der Waals surface area contributed by atoms with Crippen molar-refractivity contribution >= 4 is 5.96 Å². The van der Waals surface area contributed by atoms with Crippen molar-refractivity contribution in [3.63, 3.8) is 0 Å². The molecule has 1 fully saturated rings. The van der Waals surface area contributed by atoms with Gasteiger partial charge in [0.25, 0.3) is 0 Å². The van der Waals surface area contributed by atoms with Crippen molar-refractivity contribution < 1.29 is 13.2 Å². The normalized spacial score (nSPS) is 19.5. The first kappa shape index (κ1) is 15.1. The van der Waals surface area contributed by atoms with Crippen LogP contribution >= 0.6 is 0 Å². The van der Waals surface area contributed by atoms with Crippen LogP contribution in [0.3, 0.4) is 0 Å². The van der Waals surface area contributed by atoms with Crippen molar-refractivity contribution in [3.8, 4) is 0 Å². The van der Waals surface area contributed by atoms with E-state index in [1.54, 1.807) is 4.90 Å². The second-order valence-corrected chi connectivity index (χ2v) is 5.01. The van der Waals surface area contributed by atoms with E-state index in [1.807, 2.05) is 13.8 Å². The lowest BCUT2D eigenvalue weighted by Gasteiger charge is -2.34. The summed E-state index contributed by atoms with van der Waals surface area (Å²) in [5, 5.41) is 0. The van der Waals surface area contributed by atoms with Gasteiger partial charge in [-0.05, 0) is 18.8 Å². The summed E-state index contributed by atoms with van der Waals surface area (Å²) in [5.41, 5.74) is 2.48. The lowest BCUT2D eigenvalue weighted by Crippen LogP contribution is -2.49. The van der Waals surface area contributed by atoms with E-state index < -0.39 is 12.1 Å².